The summed E-state index contributed by atoms with van der Waals surface area (Å²) < 4.78 is 0. The number of aliphatic hydroxyl groups is 1. The van der Waals surface area contributed by atoms with E-state index in [0.717, 1.165) is 23.6 Å². The molecule has 1 N–H and O–H groups in total. The Morgan fingerprint density at radius 3 is 2.33 bits per heavy atom. The molecule has 1 aliphatic heterocycles. The number of carbonyl (C=O) groups is 2. The van der Waals surface area contributed by atoms with E-state index in [1.807, 2.05) is 66.7 Å². The molecule has 4 heteroatoms. The Kier molecular flexibility index (Phi) is 5.53. The van der Waals surface area contributed by atoms with E-state index < -0.39 is 11.5 Å². The molecular weight excluding hydrogens is 410 g/mol. The lowest BCUT2D eigenvalue weighted by Crippen LogP contribution is -2.42. The lowest BCUT2D eigenvalue weighted by atomic mass is 9.88. The van der Waals surface area contributed by atoms with Gasteiger partial charge in [-0.25, -0.2) is 0 Å². The molecule has 4 aromatic rings. The van der Waals surface area contributed by atoms with Crippen LogP contribution in [0.2, 0.25) is 0 Å². The molecule has 0 aromatic heterocycles. The Morgan fingerprint density at radius 1 is 0.818 bits per heavy atom. The summed E-state index contributed by atoms with van der Waals surface area (Å²) in [5.41, 5.74) is 1.04. The van der Waals surface area contributed by atoms with Gasteiger partial charge in [-0.1, -0.05) is 84.9 Å². The van der Waals surface area contributed by atoms with Crippen molar-refractivity contribution < 1.29 is 14.7 Å². The van der Waals surface area contributed by atoms with Gasteiger partial charge in [-0.05, 0) is 41.3 Å². The Bertz CT molecular complexity index is 1330. The van der Waals surface area contributed by atoms with Crippen LogP contribution in [0.15, 0.2) is 97.1 Å². The van der Waals surface area contributed by atoms with Crippen molar-refractivity contribution in [3.8, 4) is 0 Å². The third kappa shape index (κ3) is 3.94. The molecule has 1 unspecified atom stereocenters. The highest BCUT2D eigenvalue weighted by molar-refractivity contribution is 6.11. The normalized spacial score (nSPS) is 17.4. The average molecular weight is 436 g/mol. The van der Waals surface area contributed by atoms with Crippen LogP contribution in [0.25, 0.3) is 10.8 Å². The fourth-order valence-corrected chi connectivity index (χ4v) is 4.68. The van der Waals surface area contributed by atoms with Crippen molar-refractivity contribution >= 4 is 28.2 Å². The second kappa shape index (κ2) is 8.64. The number of para-hydroxylation sites is 1. The number of aryl methyl sites for hydroxylation is 1. The molecule has 33 heavy (non-hydrogen) atoms. The molecule has 0 saturated heterocycles. The van der Waals surface area contributed by atoms with Gasteiger partial charge in [-0.15, -0.1) is 0 Å². The number of benzene rings is 4. The number of rotatable bonds is 7. The minimum absolute atomic E-state index is 0.252. The summed E-state index contributed by atoms with van der Waals surface area (Å²) in [5.74, 6) is -0.677. The van der Waals surface area contributed by atoms with E-state index in [-0.39, 0.29) is 12.2 Å². The van der Waals surface area contributed by atoms with Crippen LogP contribution in [0.1, 0.15) is 34.3 Å². The summed E-state index contributed by atoms with van der Waals surface area (Å²) in [7, 11) is 0. The van der Waals surface area contributed by atoms with Crippen molar-refractivity contribution in [1.29, 1.82) is 0 Å². The van der Waals surface area contributed by atoms with Crippen LogP contribution in [0, 0.1) is 0 Å². The number of hydrogen-bond donors (Lipinski definition) is 1. The van der Waals surface area contributed by atoms with Gasteiger partial charge in [-0.3, -0.25) is 9.59 Å². The average Bonchev–Trinajstić information content (AvgIpc) is 3.06. The minimum Gasteiger partial charge on any atom is -0.375 e. The van der Waals surface area contributed by atoms with Crippen molar-refractivity contribution in [2.75, 3.05) is 11.4 Å². The molecule has 0 saturated carbocycles. The number of fused-ring (bicyclic) bond motifs is 2. The zero-order valence-electron chi connectivity index (χ0n) is 18.3. The third-order valence-corrected chi connectivity index (χ3v) is 6.42. The number of nitrogens with zero attached hydrogens (tertiary/aromatic N) is 1. The standard InChI is InChI=1S/C29H25NO3/c31-27(24-17-16-22-12-4-5-13-23(22)19-24)20-29(33)25-14-6-7-15-26(25)30(28(29)32)18-8-11-21-9-2-1-3-10-21/h1-7,9-10,12-17,19,33H,8,11,18,20H2. The lowest BCUT2D eigenvalue weighted by Gasteiger charge is -2.23. The van der Waals surface area contributed by atoms with Crippen molar-refractivity contribution in [2.45, 2.75) is 24.9 Å². The van der Waals surface area contributed by atoms with E-state index in [1.165, 1.54) is 5.56 Å². The monoisotopic (exact) mass is 435 g/mol. The molecule has 4 aromatic carbocycles. The van der Waals surface area contributed by atoms with Gasteiger partial charge in [0, 0.05) is 17.7 Å². The molecule has 4 nitrogen and oxygen atoms in total. The molecule has 0 radical (unpaired) electrons. The van der Waals surface area contributed by atoms with E-state index >= 15 is 0 Å². The lowest BCUT2D eigenvalue weighted by molar-refractivity contribution is -0.135. The van der Waals surface area contributed by atoms with Gasteiger partial charge in [0.25, 0.3) is 5.91 Å². The van der Waals surface area contributed by atoms with Crippen LogP contribution in [-0.2, 0) is 16.8 Å². The Hall–Kier alpha value is -3.76. The van der Waals surface area contributed by atoms with E-state index in [0.29, 0.717) is 23.4 Å². The van der Waals surface area contributed by atoms with Crippen molar-refractivity contribution in [3.05, 3.63) is 114 Å². The van der Waals surface area contributed by atoms with Crippen molar-refractivity contribution in [2.24, 2.45) is 0 Å². The number of carbonyl (C=O) groups excluding carboxylic acids is 2. The maximum Gasteiger partial charge on any atom is 0.264 e. The number of hydrogen-bond acceptors (Lipinski definition) is 3. The van der Waals surface area contributed by atoms with Gasteiger partial charge in [0.15, 0.2) is 11.4 Å². The highest BCUT2D eigenvalue weighted by Crippen LogP contribution is 2.43. The second-order valence-electron chi connectivity index (χ2n) is 8.59. The first-order valence-corrected chi connectivity index (χ1v) is 11.3. The maximum absolute atomic E-state index is 13.4. The van der Waals surface area contributed by atoms with E-state index in [2.05, 4.69) is 12.1 Å². The first-order chi connectivity index (χ1) is 16.1. The quantitative estimate of drug-likeness (QED) is 0.402. The van der Waals surface area contributed by atoms with Gasteiger partial charge in [-0.2, -0.15) is 0 Å². The van der Waals surface area contributed by atoms with Crippen LogP contribution in [0.5, 0.6) is 0 Å². The zero-order valence-corrected chi connectivity index (χ0v) is 18.3. The SMILES string of the molecule is O=C(CC1(O)C(=O)N(CCCc2ccccc2)c2ccccc21)c1ccc2ccccc2c1. The number of Topliss-reactive ketones (excluding diaryl/α,β-unsaturated/α-hetero) is 1. The van der Waals surface area contributed by atoms with Crippen molar-refractivity contribution in [3.63, 3.8) is 0 Å². The van der Waals surface area contributed by atoms with Gasteiger partial charge in [0.05, 0.1) is 12.1 Å². The molecule has 1 atom stereocenters. The van der Waals surface area contributed by atoms with E-state index in [4.69, 9.17) is 0 Å². The fourth-order valence-electron chi connectivity index (χ4n) is 4.68. The molecule has 164 valence electrons. The first-order valence-electron chi connectivity index (χ1n) is 11.3. The smallest absolute Gasteiger partial charge is 0.264 e. The summed E-state index contributed by atoms with van der Waals surface area (Å²) in [6, 6.07) is 30.7. The first kappa shape index (κ1) is 21.1. The van der Waals surface area contributed by atoms with Crippen molar-refractivity contribution in [1.82, 2.24) is 0 Å². The van der Waals surface area contributed by atoms with Crippen LogP contribution in [0.4, 0.5) is 5.69 Å². The maximum atomic E-state index is 13.4. The molecule has 5 rings (SSSR count). The van der Waals surface area contributed by atoms with Gasteiger partial charge in [0.1, 0.15) is 0 Å². The molecule has 0 bridgehead atoms. The molecule has 1 heterocycles. The molecule has 0 fully saturated rings. The fraction of sp³-hybridized carbons (Fsp3) is 0.172. The Labute approximate surface area is 193 Å². The van der Waals surface area contributed by atoms with Gasteiger partial charge >= 0.3 is 0 Å². The topological polar surface area (TPSA) is 57.6 Å². The van der Waals surface area contributed by atoms with Crippen LogP contribution < -0.4 is 4.90 Å². The molecule has 0 spiro atoms. The molecular formula is C29H25NO3. The number of anilines is 1. The van der Waals surface area contributed by atoms with Crippen LogP contribution in [-0.4, -0.2) is 23.3 Å². The van der Waals surface area contributed by atoms with E-state index in [1.54, 1.807) is 23.1 Å². The highest BCUT2D eigenvalue weighted by Gasteiger charge is 2.50. The highest BCUT2D eigenvalue weighted by atomic mass is 16.3. The predicted octanol–water partition coefficient (Wildman–Crippen LogP) is 5.28. The summed E-state index contributed by atoms with van der Waals surface area (Å²) >= 11 is 0. The predicted molar refractivity (Wildman–Crippen MR) is 130 cm³/mol. The summed E-state index contributed by atoms with van der Waals surface area (Å²) in [6.45, 7) is 0.483. The molecule has 1 amide bonds. The van der Waals surface area contributed by atoms with E-state index in [9.17, 15) is 14.7 Å². The molecule has 0 aliphatic carbocycles. The number of amides is 1. The third-order valence-electron chi connectivity index (χ3n) is 6.42. The largest absolute Gasteiger partial charge is 0.375 e. The van der Waals surface area contributed by atoms with Crippen LogP contribution >= 0.6 is 0 Å². The second-order valence-corrected chi connectivity index (χ2v) is 8.59. The number of ketones is 1. The molecule has 1 aliphatic rings. The summed E-state index contributed by atoms with van der Waals surface area (Å²) in [6.07, 6.45) is 1.32. The Morgan fingerprint density at radius 2 is 1.52 bits per heavy atom. The van der Waals surface area contributed by atoms with Crippen LogP contribution in [0.3, 0.4) is 0 Å². The van der Waals surface area contributed by atoms with Gasteiger partial charge < -0.3 is 10.0 Å². The Balaban J connectivity index is 1.38. The summed E-state index contributed by atoms with van der Waals surface area (Å²) in [4.78, 5) is 28.2. The zero-order chi connectivity index (χ0) is 22.8. The summed E-state index contributed by atoms with van der Waals surface area (Å²) in [5, 5.41) is 13.5. The minimum atomic E-state index is -1.86. The van der Waals surface area contributed by atoms with Gasteiger partial charge in [0.2, 0.25) is 0 Å².